The van der Waals surface area contributed by atoms with Crippen molar-refractivity contribution in [3.63, 3.8) is 0 Å². The Labute approximate surface area is 110 Å². The zero-order chi connectivity index (χ0) is 13.2. The van der Waals surface area contributed by atoms with E-state index in [0.717, 1.165) is 0 Å². The summed E-state index contributed by atoms with van der Waals surface area (Å²) < 4.78 is 32.4. The number of aryl methyl sites for hydroxylation is 1. The first-order chi connectivity index (χ1) is 7.80. The molecule has 0 saturated carbocycles. The van der Waals surface area contributed by atoms with Crippen molar-refractivity contribution in [2.45, 2.75) is 12.7 Å². The molecule has 0 aromatic heterocycles. The topological polar surface area (TPSA) is 52.6 Å². The molecular weight excluding hydrogens is 287 g/mol. The van der Waals surface area contributed by atoms with Crippen LogP contribution in [0.2, 0.25) is 5.02 Å². The fourth-order valence-corrected chi connectivity index (χ4v) is 2.94. The van der Waals surface area contributed by atoms with Crippen LogP contribution >= 0.6 is 22.3 Å². The lowest BCUT2D eigenvalue weighted by molar-refractivity contribution is 0.390. The smallest absolute Gasteiger partial charge is 0.236 e. The second kappa shape index (κ2) is 5.33. The van der Waals surface area contributed by atoms with Gasteiger partial charge in [0.2, 0.25) is 9.05 Å². The average Bonchev–Trinajstić information content (AvgIpc) is 2.15. The molecule has 0 saturated heterocycles. The van der Waals surface area contributed by atoms with Crippen LogP contribution < -0.4 is 9.47 Å². The third kappa shape index (κ3) is 3.40. The number of hydrogen-bond donors (Lipinski definition) is 0. The molecule has 0 heterocycles. The molecule has 0 N–H and O–H groups in total. The SMILES string of the molecule is COc1c(C)cc(CS(=O)(=O)Cl)c(OC)c1Cl. The number of rotatable bonds is 4. The van der Waals surface area contributed by atoms with E-state index < -0.39 is 9.05 Å². The van der Waals surface area contributed by atoms with Gasteiger partial charge >= 0.3 is 0 Å². The highest BCUT2D eigenvalue weighted by molar-refractivity contribution is 8.13. The van der Waals surface area contributed by atoms with Gasteiger partial charge in [0.1, 0.15) is 16.5 Å². The molecule has 7 heteroatoms. The predicted octanol–water partition coefficient (Wildman–Crippen LogP) is 2.73. The Morgan fingerprint density at radius 3 is 2.18 bits per heavy atom. The summed E-state index contributed by atoms with van der Waals surface area (Å²) >= 11 is 6.06. The van der Waals surface area contributed by atoms with Gasteiger partial charge < -0.3 is 9.47 Å². The molecule has 1 aromatic rings. The van der Waals surface area contributed by atoms with Crippen LogP contribution in [0.3, 0.4) is 0 Å². The van der Waals surface area contributed by atoms with E-state index in [9.17, 15) is 8.42 Å². The molecule has 4 nitrogen and oxygen atoms in total. The summed E-state index contributed by atoms with van der Waals surface area (Å²) in [4.78, 5) is 0. The number of benzene rings is 1. The van der Waals surface area contributed by atoms with E-state index >= 15 is 0 Å². The van der Waals surface area contributed by atoms with E-state index in [2.05, 4.69) is 0 Å². The number of ether oxygens (including phenoxy) is 2. The summed E-state index contributed by atoms with van der Waals surface area (Å²) in [5.41, 5.74) is 1.12. The monoisotopic (exact) mass is 298 g/mol. The second-order valence-electron chi connectivity index (χ2n) is 3.42. The minimum absolute atomic E-state index is 0.241. The number of halogens is 2. The van der Waals surface area contributed by atoms with Crippen LogP contribution in [0.4, 0.5) is 0 Å². The van der Waals surface area contributed by atoms with Crippen molar-refractivity contribution in [1.82, 2.24) is 0 Å². The standard InChI is InChI=1S/C10H12Cl2O4S/c1-6-4-7(5-17(12,13)14)10(16-3)8(11)9(6)15-2/h4H,5H2,1-3H3. The van der Waals surface area contributed by atoms with Crippen molar-refractivity contribution < 1.29 is 17.9 Å². The van der Waals surface area contributed by atoms with Crippen molar-refractivity contribution >= 4 is 31.3 Å². The normalized spacial score (nSPS) is 11.4. The van der Waals surface area contributed by atoms with E-state index in [1.165, 1.54) is 14.2 Å². The van der Waals surface area contributed by atoms with Crippen LogP contribution in [-0.2, 0) is 14.8 Å². The summed E-state index contributed by atoms with van der Waals surface area (Å²) in [5.74, 6) is 0.375. The van der Waals surface area contributed by atoms with Gasteiger partial charge in [0, 0.05) is 16.2 Å². The van der Waals surface area contributed by atoms with Crippen LogP contribution in [0.25, 0.3) is 0 Å². The van der Waals surface area contributed by atoms with E-state index in [0.29, 0.717) is 16.9 Å². The molecular formula is C10H12Cl2O4S. The second-order valence-corrected chi connectivity index (χ2v) is 6.57. The molecule has 0 bridgehead atoms. The Morgan fingerprint density at radius 2 is 1.76 bits per heavy atom. The highest BCUT2D eigenvalue weighted by Gasteiger charge is 2.19. The van der Waals surface area contributed by atoms with E-state index in [1.807, 2.05) is 0 Å². The molecule has 0 spiro atoms. The summed E-state index contributed by atoms with van der Waals surface area (Å²) in [7, 11) is 4.43. The molecule has 96 valence electrons. The van der Waals surface area contributed by atoms with Crippen molar-refractivity contribution in [3.8, 4) is 11.5 Å². The van der Waals surface area contributed by atoms with Gasteiger partial charge in [-0.3, -0.25) is 0 Å². The maximum Gasteiger partial charge on any atom is 0.236 e. The molecule has 1 rings (SSSR count). The highest BCUT2D eigenvalue weighted by atomic mass is 35.7. The van der Waals surface area contributed by atoms with Gasteiger partial charge in [-0.2, -0.15) is 0 Å². The first-order valence-electron chi connectivity index (χ1n) is 4.62. The minimum atomic E-state index is -3.67. The molecule has 1 aromatic carbocycles. The van der Waals surface area contributed by atoms with Crippen LogP contribution in [0.5, 0.6) is 11.5 Å². The van der Waals surface area contributed by atoms with Gasteiger partial charge in [0.25, 0.3) is 0 Å². The first-order valence-corrected chi connectivity index (χ1v) is 7.48. The number of methoxy groups -OCH3 is 2. The van der Waals surface area contributed by atoms with Crippen molar-refractivity contribution in [2.75, 3.05) is 14.2 Å². The molecule has 0 amide bonds. The average molecular weight is 299 g/mol. The van der Waals surface area contributed by atoms with Crippen molar-refractivity contribution in [3.05, 3.63) is 22.2 Å². The van der Waals surface area contributed by atoms with E-state index in [4.69, 9.17) is 31.8 Å². The Balaban J connectivity index is 3.42. The largest absolute Gasteiger partial charge is 0.495 e. The molecule has 0 radical (unpaired) electrons. The van der Waals surface area contributed by atoms with Gasteiger partial charge in [-0.25, -0.2) is 8.42 Å². The maximum atomic E-state index is 11.1. The zero-order valence-corrected chi connectivity index (χ0v) is 11.9. The summed E-state index contributed by atoms with van der Waals surface area (Å²) in [6.07, 6.45) is 0. The van der Waals surface area contributed by atoms with Gasteiger partial charge in [-0.1, -0.05) is 11.6 Å². The first kappa shape index (κ1) is 14.4. The Morgan fingerprint density at radius 1 is 1.24 bits per heavy atom. The van der Waals surface area contributed by atoms with Crippen LogP contribution in [0.15, 0.2) is 6.07 Å². The van der Waals surface area contributed by atoms with Gasteiger partial charge in [-0.15, -0.1) is 0 Å². The molecule has 0 atom stereocenters. The molecule has 0 fully saturated rings. The zero-order valence-electron chi connectivity index (χ0n) is 9.58. The fraction of sp³-hybridized carbons (Fsp3) is 0.400. The Hall–Kier alpha value is -0.650. The minimum Gasteiger partial charge on any atom is -0.495 e. The molecule has 17 heavy (non-hydrogen) atoms. The van der Waals surface area contributed by atoms with Crippen LogP contribution in [0.1, 0.15) is 11.1 Å². The lowest BCUT2D eigenvalue weighted by Crippen LogP contribution is -2.01. The van der Waals surface area contributed by atoms with E-state index in [-0.39, 0.29) is 16.5 Å². The Kier molecular flexibility index (Phi) is 4.52. The summed E-state index contributed by atoms with van der Waals surface area (Å²) in [6.45, 7) is 1.76. The third-order valence-electron chi connectivity index (χ3n) is 2.18. The predicted molar refractivity (Wildman–Crippen MR) is 67.8 cm³/mol. The van der Waals surface area contributed by atoms with E-state index in [1.54, 1.807) is 13.0 Å². The quantitative estimate of drug-likeness (QED) is 0.802. The third-order valence-corrected chi connectivity index (χ3v) is 3.50. The highest BCUT2D eigenvalue weighted by Crippen LogP contribution is 2.40. The molecule has 0 aliphatic rings. The van der Waals surface area contributed by atoms with Crippen LogP contribution in [0, 0.1) is 6.92 Å². The summed E-state index contributed by atoms with van der Waals surface area (Å²) in [5, 5.41) is 0.241. The lowest BCUT2D eigenvalue weighted by Gasteiger charge is -2.14. The van der Waals surface area contributed by atoms with Crippen LogP contribution in [-0.4, -0.2) is 22.6 Å². The molecule has 0 aliphatic carbocycles. The van der Waals surface area contributed by atoms with Crippen molar-refractivity contribution in [1.29, 1.82) is 0 Å². The molecule has 0 unspecified atom stereocenters. The molecule has 0 aliphatic heterocycles. The van der Waals surface area contributed by atoms with Crippen molar-refractivity contribution in [2.24, 2.45) is 0 Å². The summed E-state index contributed by atoms with van der Waals surface area (Å²) in [6, 6.07) is 1.63. The van der Waals surface area contributed by atoms with Gasteiger partial charge in [0.15, 0.2) is 0 Å². The number of hydrogen-bond acceptors (Lipinski definition) is 4. The van der Waals surface area contributed by atoms with Gasteiger partial charge in [-0.05, 0) is 18.6 Å². The maximum absolute atomic E-state index is 11.1. The van der Waals surface area contributed by atoms with Gasteiger partial charge in [0.05, 0.1) is 20.0 Å². The lowest BCUT2D eigenvalue weighted by atomic mass is 10.1. The Bertz CT molecular complexity index is 526. The fourth-order valence-electron chi connectivity index (χ4n) is 1.57.